The number of hydrogen-bond acceptors (Lipinski definition) is 2. The summed E-state index contributed by atoms with van der Waals surface area (Å²) in [6.45, 7) is 1.56. The fourth-order valence-corrected chi connectivity index (χ4v) is 1.70. The summed E-state index contributed by atoms with van der Waals surface area (Å²) in [4.78, 5) is 0. The molecule has 20 heavy (non-hydrogen) atoms. The molecule has 0 fully saturated rings. The predicted octanol–water partition coefficient (Wildman–Crippen LogP) is 4.08. The molecular weight excluding hydrogens is 312 g/mol. The van der Waals surface area contributed by atoms with Crippen molar-refractivity contribution in [2.24, 2.45) is 5.73 Å². The molecule has 0 aliphatic rings. The lowest BCUT2D eigenvalue weighted by molar-refractivity contribution is -0.291. The Kier molecular flexibility index (Phi) is 4.81. The molecule has 0 saturated carbocycles. The molecule has 9 heteroatoms. The second-order valence-electron chi connectivity index (χ2n) is 3.85. The highest BCUT2D eigenvalue weighted by Crippen LogP contribution is 2.44. The van der Waals surface area contributed by atoms with Crippen molar-refractivity contribution in [2.75, 3.05) is 6.61 Å². The van der Waals surface area contributed by atoms with Gasteiger partial charge in [-0.25, -0.2) is 4.39 Å². The highest BCUT2D eigenvalue weighted by atomic mass is 35.5. The van der Waals surface area contributed by atoms with E-state index in [2.05, 4.69) is 0 Å². The predicted molar refractivity (Wildman–Crippen MR) is 60.5 cm³/mol. The summed E-state index contributed by atoms with van der Waals surface area (Å²) in [5.74, 6) is -6.81. The normalized spacial score (nSPS) is 14.2. The maximum atomic E-state index is 13.6. The minimum Gasteiger partial charge on any atom is -0.489 e. The quantitative estimate of drug-likeness (QED) is 0.848. The first-order valence-electron chi connectivity index (χ1n) is 5.34. The molecule has 114 valence electrons. The van der Waals surface area contributed by atoms with Crippen molar-refractivity contribution < 1.29 is 31.1 Å². The third kappa shape index (κ3) is 3.12. The zero-order chi connectivity index (χ0) is 15.7. The SMILES string of the molecule is CCOc1c(F)cc([C@@H](N)C(F)(F)C(F)(F)F)cc1Cl. The van der Waals surface area contributed by atoms with Gasteiger partial charge in [-0.1, -0.05) is 11.6 Å². The highest BCUT2D eigenvalue weighted by molar-refractivity contribution is 6.32. The van der Waals surface area contributed by atoms with Crippen molar-refractivity contribution in [3.8, 4) is 5.75 Å². The van der Waals surface area contributed by atoms with E-state index in [1.54, 1.807) is 0 Å². The molecule has 2 nitrogen and oxygen atoms in total. The van der Waals surface area contributed by atoms with Crippen molar-refractivity contribution in [1.29, 1.82) is 0 Å². The summed E-state index contributed by atoms with van der Waals surface area (Å²) in [5, 5.41) is -0.435. The molecule has 0 aromatic heterocycles. The van der Waals surface area contributed by atoms with Gasteiger partial charge >= 0.3 is 12.1 Å². The molecule has 1 atom stereocenters. The molecule has 0 heterocycles. The summed E-state index contributed by atoms with van der Waals surface area (Å²) in [6, 6.07) is -1.61. The van der Waals surface area contributed by atoms with Gasteiger partial charge in [0.05, 0.1) is 11.6 Å². The Morgan fingerprint density at radius 2 is 1.80 bits per heavy atom. The standard InChI is InChI=1S/C11H10ClF6NO/c1-2-20-8-6(12)3-5(4-7(8)13)9(19)10(14,15)11(16,17)18/h3-4,9H,2,19H2,1H3/t9-/m1/s1. The third-order valence-electron chi connectivity index (χ3n) is 2.44. The number of nitrogens with two attached hydrogens (primary N) is 1. The van der Waals surface area contributed by atoms with Crippen LogP contribution in [-0.2, 0) is 0 Å². The first-order chi connectivity index (χ1) is 9.02. The second kappa shape index (κ2) is 5.69. The van der Waals surface area contributed by atoms with Gasteiger partial charge in [0, 0.05) is 0 Å². The molecule has 2 N–H and O–H groups in total. The van der Waals surface area contributed by atoms with Crippen LogP contribution in [0.15, 0.2) is 12.1 Å². The monoisotopic (exact) mass is 321 g/mol. The van der Waals surface area contributed by atoms with Gasteiger partial charge in [-0.05, 0) is 24.6 Å². The molecule has 0 amide bonds. The van der Waals surface area contributed by atoms with Crippen LogP contribution < -0.4 is 10.5 Å². The van der Waals surface area contributed by atoms with Gasteiger partial charge < -0.3 is 10.5 Å². The van der Waals surface area contributed by atoms with Crippen molar-refractivity contribution in [1.82, 2.24) is 0 Å². The summed E-state index contributed by atoms with van der Waals surface area (Å²) in [5.41, 5.74) is 4.11. The van der Waals surface area contributed by atoms with Gasteiger partial charge in [0.15, 0.2) is 11.6 Å². The Morgan fingerprint density at radius 3 is 2.20 bits per heavy atom. The van der Waals surface area contributed by atoms with E-state index in [0.717, 1.165) is 6.07 Å². The Bertz CT molecular complexity index is 467. The van der Waals surface area contributed by atoms with Gasteiger partial charge in [-0.2, -0.15) is 22.0 Å². The molecule has 0 spiro atoms. The average Bonchev–Trinajstić information content (AvgIpc) is 2.31. The van der Waals surface area contributed by atoms with Crippen LogP contribution in [0.3, 0.4) is 0 Å². The first-order valence-corrected chi connectivity index (χ1v) is 5.72. The van der Waals surface area contributed by atoms with Gasteiger partial charge in [0.2, 0.25) is 0 Å². The van der Waals surface area contributed by atoms with Gasteiger partial charge in [0.1, 0.15) is 6.04 Å². The van der Waals surface area contributed by atoms with E-state index in [4.69, 9.17) is 22.1 Å². The first kappa shape index (κ1) is 16.9. The number of hydrogen-bond donors (Lipinski definition) is 1. The second-order valence-corrected chi connectivity index (χ2v) is 4.25. The number of rotatable bonds is 4. The molecule has 1 aromatic carbocycles. The zero-order valence-corrected chi connectivity index (χ0v) is 10.8. The minimum absolute atomic E-state index is 0.0424. The van der Waals surface area contributed by atoms with Crippen LogP contribution in [0.1, 0.15) is 18.5 Å². The Labute approximate surface area is 115 Å². The third-order valence-corrected chi connectivity index (χ3v) is 2.72. The van der Waals surface area contributed by atoms with Crippen molar-refractivity contribution >= 4 is 11.6 Å². The van der Waals surface area contributed by atoms with E-state index in [1.807, 2.05) is 0 Å². The highest BCUT2D eigenvalue weighted by Gasteiger charge is 2.61. The van der Waals surface area contributed by atoms with Gasteiger partial charge in [0.25, 0.3) is 0 Å². The summed E-state index contributed by atoms with van der Waals surface area (Å²) in [7, 11) is 0. The van der Waals surface area contributed by atoms with E-state index in [0.29, 0.717) is 6.07 Å². The number of benzene rings is 1. The van der Waals surface area contributed by atoms with Gasteiger partial charge in [-0.15, -0.1) is 0 Å². The average molecular weight is 322 g/mol. The van der Waals surface area contributed by atoms with Crippen LogP contribution in [-0.4, -0.2) is 18.7 Å². The molecule has 0 bridgehead atoms. The number of halogens is 7. The van der Waals surface area contributed by atoms with E-state index in [-0.39, 0.29) is 6.61 Å². The Hall–Kier alpha value is -1.15. The summed E-state index contributed by atoms with van der Waals surface area (Å²) in [6.07, 6.45) is -5.85. The molecule has 0 radical (unpaired) electrons. The van der Waals surface area contributed by atoms with E-state index in [1.165, 1.54) is 6.92 Å². The maximum Gasteiger partial charge on any atom is 0.455 e. The Morgan fingerprint density at radius 1 is 1.25 bits per heavy atom. The zero-order valence-electron chi connectivity index (χ0n) is 10.1. The van der Waals surface area contributed by atoms with Crippen molar-refractivity contribution in [2.45, 2.75) is 25.1 Å². The van der Waals surface area contributed by atoms with Crippen LogP contribution in [0.25, 0.3) is 0 Å². The summed E-state index contributed by atoms with van der Waals surface area (Å²) < 4.78 is 81.1. The smallest absolute Gasteiger partial charge is 0.455 e. The van der Waals surface area contributed by atoms with Crippen LogP contribution in [0.4, 0.5) is 26.3 Å². The molecule has 0 saturated heterocycles. The lowest BCUT2D eigenvalue weighted by Crippen LogP contribution is -2.45. The molecular formula is C11H10ClF6NO. The molecule has 1 aromatic rings. The fourth-order valence-electron chi connectivity index (χ4n) is 1.43. The topological polar surface area (TPSA) is 35.2 Å². The lowest BCUT2D eigenvalue weighted by Gasteiger charge is -2.26. The lowest BCUT2D eigenvalue weighted by atomic mass is 10.0. The molecule has 0 unspecified atom stereocenters. The van der Waals surface area contributed by atoms with E-state index in [9.17, 15) is 26.3 Å². The van der Waals surface area contributed by atoms with Crippen molar-refractivity contribution in [3.05, 3.63) is 28.5 Å². The Balaban J connectivity index is 3.22. The number of ether oxygens (including phenoxy) is 1. The molecule has 0 aliphatic carbocycles. The van der Waals surface area contributed by atoms with E-state index >= 15 is 0 Å². The van der Waals surface area contributed by atoms with E-state index < -0.39 is 40.3 Å². The number of alkyl halides is 5. The largest absolute Gasteiger partial charge is 0.489 e. The van der Waals surface area contributed by atoms with Crippen LogP contribution in [0.5, 0.6) is 5.75 Å². The van der Waals surface area contributed by atoms with Crippen LogP contribution >= 0.6 is 11.6 Å². The molecule has 0 aliphatic heterocycles. The fraction of sp³-hybridized carbons (Fsp3) is 0.455. The van der Waals surface area contributed by atoms with Crippen LogP contribution in [0, 0.1) is 5.82 Å². The maximum absolute atomic E-state index is 13.6. The minimum atomic E-state index is -5.85. The van der Waals surface area contributed by atoms with Gasteiger partial charge in [-0.3, -0.25) is 0 Å². The molecule has 1 rings (SSSR count). The summed E-state index contributed by atoms with van der Waals surface area (Å²) >= 11 is 5.58. The van der Waals surface area contributed by atoms with Crippen molar-refractivity contribution in [3.63, 3.8) is 0 Å². The van der Waals surface area contributed by atoms with Crippen LogP contribution in [0.2, 0.25) is 5.02 Å².